The van der Waals surface area contributed by atoms with E-state index in [-0.39, 0.29) is 12.2 Å². The minimum Gasteiger partial charge on any atom is -0.489 e. The fourth-order valence-electron chi connectivity index (χ4n) is 5.49. The Balaban J connectivity index is 1.36. The molecule has 0 saturated heterocycles. The van der Waals surface area contributed by atoms with Crippen molar-refractivity contribution < 1.29 is 14.3 Å². The van der Waals surface area contributed by atoms with E-state index in [1.54, 1.807) is 18.4 Å². The van der Waals surface area contributed by atoms with Gasteiger partial charge in [-0.1, -0.05) is 78.1 Å². The van der Waals surface area contributed by atoms with Crippen molar-refractivity contribution in [2.45, 2.75) is 26.5 Å². The van der Waals surface area contributed by atoms with Gasteiger partial charge in [-0.25, -0.2) is 9.79 Å². The Morgan fingerprint density at radius 2 is 1.75 bits per heavy atom. The zero-order valence-corrected chi connectivity index (χ0v) is 25.9. The normalized spacial score (nSPS) is 14.7. The minimum atomic E-state index is -0.654. The van der Waals surface area contributed by atoms with Crippen LogP contribution in [-0.2, 0) is 16.1 Å². The fraction of sp³-hybridized carbons (Fsp3) is 0.194. The van der Waals surface area contributed by atoms with E-state index < -0.39 is 12.0 Å². The van der Waals surface area contributed by atoms with Gasteiger partial charge in [0.05, 0.1) is 28.5 Å². The summed E-state index contributed by atoms with van der Waals surface area (Å²) in [4.78, 5) is 34.4. The molecule has 222 valence electrons. The third-order valence-electron chi connectivity index (χ3n) is 7.67. The number of esters is 1. The molecule has 8 heteroatoms. The Kier molecular flexibility index (Phi) is 8.17. The second-order valence-corrected chi connectivity index (χ2v) is 11.8. The van der Waals surface area contributed by atoms with Crippen LogP contribution in [-0.4, -0.2) is 31.2 Å². The molecule has 5 aromatic rings. The van der Waals surface area contributed by atoms with Gasteiger partial charge in [0.25, 0.3) is 5.56 Å². The Hall–Kier alpha value is -4.95. The quantitative estimate of drug-likeness (QED) is 0.216. The van der Waals surface area contributed by atoms with E-state index in [1.807, 2.05) is 91.8 Å². The van der Waals surface area contributed by atoms with E-state index in [4.69, 9.17) is 9.47 Å². The van der Waals surface area contributed by atoms with E-state index in [2.05, 4.69) is 29.3 Å². The molecule has 1 atom stereocenters. The number of nitrogens with zero attached hydrogens (tertiary/aromatic N) is 3. The molecule has 0 fully saturated rings. The summed E-state index contributed by atoms with van der Waals surface area (Å²) in [6, 6.07) is 29.4. The molecule has 0 amide bonds. The monoisotopic (exact) mass is 603 g/mol. The van der Waals surface area contributed by atoms with Crippen molar-refractivity contribution in [1.29, 1.82) is 0 Å². The predicted molar refractivity (Wildman–Crippen MR) is 176 cm³/mol. The van der Waals surface area contributed by atoms with Crippen molar-refractivity contribution in [2.75, 3.05) is 25.6 Å². The molecule has 0 radical (unpaired) electrons. The first-order valence-electron chi connectivity index (χ1n) is 14.5. The molecule has 0 spiro atoms. The number of fused-ring (bicyclic) bond motifs is 2. The van der Waals surface area contributed by atoms with Crippen LogP contribution in [0.25, 0.3) is 16.8 Å². The Morgan fingerprint density at radius 3 is 2.52 bits per heavy atom. The average molecular weight is 604 g/mol. The van der Waals surface area contributed by atoms with Gasteiger partial charge in [-0.15, -0.1) is 0 Å². The molecule has 7 nitrogen and oxygen atoms in total. The molecule has 1 aliphatic rings. The number of benzene rings is 4. The Morgan fingerprint density at radius 1 is 1.00 bits per heavy atom. The zero-order chi connectivity index (χ0) is 30.8. The summed E-state index contributed by atoms with van der Waals surface area (Å²) in [5.74, 6) is 0.236. The second-order valence-electron chi connectivity index (χ2n) is 10.8. The minimum absolute atomic E-state index is 0.216. The lowest BCUT2D eigenvalue weighted by Crippen LogP contribution is -2.39. The number of rotatable bonds is 8. The van der Waals surface area contributed by atoms with Crippen molar-refractivity contribution in [3.05, 3.63) is 139 Å². The number of hydrogen-bond donors (Lipinski definition) is 0. The third-order valence-corrected chi connectivity index (χ3v) is 8.66. The maximum absolute atomic E-state index is 14.0. The van der Waals surface area contributed by atoms with Gasteiger partial charge in [-0.2, -0.15) is 0 Å². The van der Waals surface area contributed by atoms with E-state index in [9.17, 15) is 9.59 Å². The van der Waals surface area contributed by atoms with Gasteiger partial charge in [0.1, 0.15) is 12.4 Å². The Labute approximate surface area is 259 Å². The van der Waals surface area contributed by atoms with Crippen LogP contribution < -0.4 is 24.5 Å². The van der Waals surface area contributed by atoms with E-state index in [0.717, 1.165) is 27.8 Å². The first-order valence-corrected chi connectivity index (χ1v) is 15.3. The number of carbonyl (C=O) groups is 1. The first-order chi connectivity index (χ1) is 21.3. The molecule has 44 heavy (non-hydrogen) atoms. The molecule has 4 aromatic carbocycles. The average Bonchev–Trinajstić information content (AvgIpc) is 3.33. The topological polar surface area (TPSA) is 73.1 Å². The summed E-state index contributed by atoms with van der Waals surface area (Å²) >= 11 is 1.30. The van der Waals surface area contributed by atoms with Crippen molar-refractivity contribution in [2.24, 2.45) is 4.99 Å². The van der Waals surface area contributed by atoms with E-state index in [1.165, 1.54) is 16.7 Å². The molecule has 2 heterocycles. The standard InChI is InChI=1S/C36H33N3O4S/c1-5-42-35(41)32-23(2)37-36-39(33(32)26-16-18-28(19-17-26)38(3)4)34(40)31(44-36)21-24-10-8-14-29(20-24)43-22-27-13-9-12-25-11-6-7-15-30(25)27/h6-21,33H,5,22H2,1-4H3. The summed E-state index contributed by atoms with van der Waals surface area (Å²) in [7, 11) is 3.94. The molecular formula is C36H33N3O4S. The first kappa shape index (κ1) is 29.1. The number of carbonyl (C=O) groups excluding carboxylic acids is 1. The summed E-state index contributed by atoms with van der Waals surface area (Å²) in [6.07, 6.45) is 1.85. The maximum Gasteiger partial charge on any atom is 0.338 e. The lowest BCUT2D eigenvalue weighted by atomic mass is 9.95. The molecule has 6 rings (SSSR count). The van der Waals surface area contributed by atoms with Gasteiger partial charge in [0.15, 0.2) is 4.80 Å². The molecule has 0 saturated carbocycles. The predicted octanol–water partition coefficient (Wildman–Crippen LogP) is 5.60. The van der Waals surface area contributed by atoms with Crippen molar-refractivity contribution in [3.63, 3.8) is 0 Å². The molecule has 0 N–H and O–H groups in total. The van der Waals surface area contributed by atoms with Crippen molar-refractivity contribution in [1.82, 2.24) is 4.57 Å². The number of allylic oxidation sites excluding steroid dienone is 1. The van der Waals surface area contributed by atoms with Crippen LogP contribution in [0.3, 0.4) is 0 Å². The van der Waals surface area contributed by atoms with Gasteiger partial charge < -0.3 is 14.4 Å². The second kappa shape index (κ2) is 12.3. The van der Waals surface area contributed by atoms with Crippen LogP contribution in [0, 0.1) is 0 Å². The number of thiazole rings is 1. The fourth-order valence-corrected chi connectivity index (χ4v) is 6.53. The van der Waals surface area contributed by atoms with Crippen LogP contribution in [0.15, 0.2) is 112 Å². The van der Waals surface area contributed by atoms with Gasteiger partial charge in [0, 0.05) is 19.8 Å². The van der Waals surface area contributed by atoms with Crippen molar-refractivity contribution in [3.8, 4) is 5.75 Å². The van der Waals surface area contributed by atoms with Gasteiger partial charge in [-0.05, 0) is 71.7 Å². The molecule has 0 aliphatic carbocycles. The smallest absolute Gasteiger partial charge is 0.338 e. The van der Waals surface area contributed by atoms with Gasteiger partial charge in [-0.3, -0.25) is 9.36 Å². The number of anilines is 1. The summed E-state index contributed by atoms with van der Waals surface area (Å²) < 4.78 is 13.7. The van der Waals surface area contributed by atoms with Gasteiger partial charge in [0.2, 0.25) is 0 Å². The van der Waals surface area contributed by atoms with Crippen LogP contribution in [0.2, 0.25) is 0 Å². The Bertz CT molecular complexity index is 2070. The van der Waals surface area contributed by atoms with E-state index >= 15 is 0 Å². The van der Waals surface area contributed by atoms with Gasteiger partial charge >= 0.3 is 5.97 Å². The highest BCUT2D eigenvalue weighted by Crippen LogP contribution is 2.31. The number of ether oxygens (including phenoxy) is 2. The number of aromatic nitrogens is 1. The molecule has 0 bridgehead atoms. The SMILES string of the molecule is CCOC(=O)C1=C(C)N=c2sc(=Cc3cccc(OCc4cccc5ccccc45)c3)c(=O)n2C1c1ccc(N(C)C)cc1. The maximum atomic E-state index is 14.0. The highest BCUT2D eigenvalue weighted by molar-refractivity contribution is 7.07. The lowest BCUT2D eigenvalue weighted by molar-refractivity contribution is -0.139. The summed E-state index contributed by atoms with van der Waals surface area (Å²) in [5.41, 5.74) is 4.46. The zero-order valence-electron chi connectivity index (χ0n) is 25.1. The highest BCUT2D eigenvalue weighted by atomic mass is 32.1. The molecule has 1 aliphatic heterocycles. The van der Waals surface area contributed by atoms with Crippen molar-refractivity contribution >= 4 is 39.8 Å². The summed E-state index contributed by atoms with van der Waals surface area (Å²) in [6.45, 7) is 4.21. The van der Waals surface area contributed by atoms with E-state index in [0.29, 0.717) is 33.0 Å². The number of hydrogen-bond acceptors (Lipinski definition) is 7. The highest BCUT2D eigenvalue weighted by Gasteiger charge is 2.33. The van der Waals surface area contributed by atoms with Crippen LogP contribution in [0.5, 0.6) is 5.75 Å². The summed E-state index contributed by atoms with van der Waals surface area (Å²) in [5, 5.41) is 2.33. The van der Waals surface area contributed by atoms with Crippen LogP contribution in [0.4, 0.5) is 5.69 Å². The largest absolute Gasteiger partial charge is 0.489 e. The molecule has 1 aromatic heterocycles. The van der Waals surface area contributed by atoms with Crippen LogP contribution >= 0.6 is 11.3 Å². The third kappa shape index (κ3) is 5.68. The molecular weight excluding hydrogens is 570 g/mol. The lowest BCUT2D eigenvalue weighted by Gasteiger charge is -2.25. The molecule has 1 unspecified atom stereocenters. The van der Waals surface area contributed by atoms with Crippen LogP contribution in [0.1, 0.15) is 36.6 Å².